The molecule has 1 aliphatic rings. The summed E-state index contributed by atoms with van der Waals surface area (Å²) in [6.45, 7) is 1.89. The van der Waals surface area contributed by atoms with Crippen LogP contribution in [0.5, 0.6) is 0 Å². The number of H-pyrrole nitrogens is 1. The maximum atomic E-state index is 14.0. The number of halogens is 1. The lowest BCUT2D eigenvalue weighted by molar-refractivity contribution is 0.240. The van der Waals surface area contributed by atoms with Crippen LogP contribution < -0.4 is 0 Å². The summed E-state index contributed by atoms with van der Waals surface area (Å²) < 4.78 is 14.0. The highest BCUT2D eigenvalue weighted by Gasteiger charge is 2.28. The largest absolute Gasteiger partial charge is 0.341 e. The Morgan fingerprint density at radius 1 is 1.17 bits per heavy atom. The lowest BCUT2D eigenvalue weighted by Gasteiger charge is -2.22. The van der Waals surface area contributed by atoms with Gasteiger partial charge in [-0.3, -0.25) is 9.88 Å². The van der Waals surface area contributed by atoms with Gasteiger partial charge >= 0.3 is 0 Å². The summed E-state index contributed by atoms with van der Waals surface area (Å²) in [5, 5.41) is 0. The van der Waals surface area contributed by atoms with Crippen LogP contribution in [-0.4, -0.2) is 26.4 Å². The van der Waals surface area contributed by atoms with Crippen molar-refractivity contribution in [3.05, 3.63) is 72.2 Å². The SMILES string of the molecule is Fc1ccccc1-c1cnc([C@@H]2CCCN2Cc2cccnc2)[nH]1. The molecule has 1 fully saturated rings. The molecule has 0 amide bonds. The average Bonchev–Trinajstić information content (AvgIpc) is 3.25. The van der Waals surface area contributed by atoms with E-state index in [1.54, 1.807) is 24.5 Å². The van der Waals surface area contributed by atoms with E-state index in [1.165, 1.54) is 11.6 Å². The van der Waals surface area contributed by atoms with Gasteiger partial charge in [0, 0.05) is 24.5 Å². The van der Waals surface area contributed by atoms with Crippen LogP contribution in [0.15, 0.2) is 55.0 Å². The molecule has 24 heavy (non-hydrogen) atoms. The smallest absolute Gasteiger partial charge is 0.132 e. The van der Waals surface area contributed by atoms with Crippen molar-refractivity contribution in [3.8, 4) is 11.3 Å². The Bertz CT molecular complexity index is 815. The normalized spacial score (nSPS) is 18.1. The molecule has 4 nitrogen and oxygen atoms in total. The Morgan fingerprint density at radius 2 is 2.08 bits per heavy atom. The van der Waals surface area contributed by atoms with Gasteiger partial charge in [-0.2, -0.15) is 0 Å². The first kappa shape index (κ1) is 15.0. The molecule has 1 aromatic carbocycles. The Hall–Kier alpha value is -2.53. The molecule has 1 atom stereocenters. The van der Waals surface area contributed by atoms with Crippen molar-refractivity contribution >= 4 is 0 Å². The monoisotopic (exact) mass is 322 g/mol. The van der Waals surface area contributed by atoms with Crippen LogP contribution in [0.3, 0.4) is 0 Å². The van der Waals surface area contributed by atoms with Crippen molar-refractivity contribution in [1.82, 2.24) is 19.9 Å². The summed E-state index contributed by atoms with van der Waals surface area (Å²) in [5.41, 5.74) is 2.50. The molecule has 4 rings (SSSR count). The lowest BCUT2D eigenvalue weighted by Crippen LogP contribution is -2.23. The summed E-state index contributed by atoms with van der Waals surface area (Å²) in [5.74, 6) is 0.681. The van der Waals surface area contributed by atoms with Crippen LogP contribution in [0.4, 0.5) is 4.39 Å². The van der Waals surface area contributed by atoms with Crippen molar-refractivity contribution < 1.29 is 4.39 Å². The molecular weight excluding hydrogens is 303 g/mol. The topological polar surface area (TPSA) is 44.8 Å². The summed E-state index contributed by atoms with van der Waals surface area (Å²) in [6, 6.07) is 11.1. The van der Waals surface area contributed by atoms with Crippen LogP contribution in [0.25, 0.3) is 11.3 Å². The third kappa shape index (κ3) is 2.95. The van der Waals surface area contributed by atoms with Gasteiger partial charge in [0.1, 0.15) is 11.6 Å². The predicted molar refractivity (Wildman–Crippen MR) is 90.6 cm³/mol. The number of benzene rings is 1. The van der Waals surface area contributed by atoms with E-state index in [1.807, 2.05) is 18.3 Å². The zero-order valence-corrected chi connectivity index (χ0v) is 13.3. The first-order valence-corrected chi connectivity index (χ1v) is 8.24. The van der Waals surface area contributed by atoms with E-state index < -0.39 is 0 Å². The molecule has 0 unspecified atom stereocenters. The second-order valence-corrected chi connectivity index (χ2v) is 6.15. The van der Waals surface area contributed by atoms with E-state index in [0.717, 1.165) is 37.4 Å². The molecule has 1 aliphatic heterocycles. The molecule has 122 valence electrons. The summed E-state index contributed by atoms with van der Waals surface area (Å²) in [7, 11) is 0. The van der Waals surface area contributed by atoms with Crippen molar-refractivity contribution in [1.29, 1.82) is 0 Å². The lowest BCUT2D eigenvalue weighted by atomic mass is 10.1. The molecule has 5 heteroatoms. The Kier molecular flexibility index (Phi) is 4.09. The van der Waals surface area contributed by atoms with Gasteiger partial charge in [-0.15, -0.1) is 0 Å². The highest BCUT2D eigenvalue weighted by molar-refractivity contribution is 5.59. The second kappa shape index (κ2) is 6.53. The van der Waals surface area contributed by atoms with E-state index in [4.69, 9.17) is 0 Å². The molecule has 0 aliphatic carbocycles. The number of nitrogens with one attached hydrogen (secondary N) is 1. The Labute approximate surface area is 140 Å². The molecule has 0 saturated carbocycles. The Balaban J connectivity index is 1.56. The van der Waals surface area contributed by atoms with Gasteiger partial charge in [-0.05, 0) is 43.1 Å². The highest BCUT2D eigenvalue weighted by Crippen LogP contribution is 2.32. The van der Waals surface area contributed by atoms with Gasteiger partial charge in [0.05, 0.1) is 17.9 Å². The van der Waals surface area contributed by atoms with E-state index >= 15 is 0 Å². The van der Waals surface area contributed by atoms with Crippen molar-refractivity contribution in [3.63, 3.8) is 0 Å². The van der Waals surface area contributed by atoms with Gasteiger partial charge in [0.2, 0.25) is 0 Å². The van der Waals surface area contributed by atoms with Crippen LogP contribution in [-0.2, 0) is 6.54 Å². The number of rotatable bonds is 4. The molecule has 2 aromatic heterocycles. The van der Waals surface area contributed by atoms with Crippen LogP contribution in [0.2, 0.25) is 0 Å². The first-order valence-electron chi connectivity index (χ1n) is 8.24. The molecule has 0 radical (unpaired) electrons. The maximum absolute atomic E-state index is 14.0. The van der Waals surface area contributed by atoms with Crippen LogP contribution in [0, 0.1) is 5.82 Å². The molecule has 0 bridgehead atoms. The van der Waals surface area contributed by atoms with Gasteiger partial charge in [0.25, 0.3) is 0 Å². The first-order chi connectivity index (χ1) is 11.8. The van der Waals surface area contributed by atoms with Crippen molar-refractivity contribution in [2.45, 2.75) is 25.4 Å². The zero-order valence-electron chi connectivity index (χ0n) is 13.3. The minimum atomic E-state index is -0.230. The van der Waals surface area contributed by atoms with Crippen molar-refractivity contribution in [2.24, 2.45) is 0 Å². The summed E-state index contributed by atoms with van der Waals surface area (Å²) in [4.78, 5) is 14.4. The van der Waals surface area contributed by atoms with Crippen LogP contribution in [0.1, 0.15) is 30.3 Å². The van der Waals surface area contributed by atoms with Gasteiger partial charge in [-0.1, -0.05) is 18.2 Å². The number of hydrogen-bond acceptors (Lipinski definition) is 3. The van der Waals surface area contributed by atoms with E-state index in [9.17, 15) is 4.39 Å². The van der Waals surface area contributed by atoms with Gasteiger partial charge < -0.3 is 4.98 Å². The summed E-state index contributed by atoms with van der Waals surface area (Å²) in [6.07, 6.45) is 7.62. The number of aromatic amines is 1. The Morgan fingerprint density at radius 3 is 2.92 bits per heavy atom. The fourth-order valence-electron chi connectivity index (χ4n) is 3.37. The maximum Gasteiger partial charge on any atom is 0.132 e. The van der Waals surface area contributed by atoms with E-state index in [0.29, 0.717) is 5.56 Å². The molecule has 1 N–H and O–H groups in total. The predicted octanol–water partition coefficient (Wildman–Crippen LogP) is 3.95. The van der Waals surface area contributed by atoms with Gasteiger partial charge in [-0.25, -0.2) is 9.37 Å². The fourth-order valence-corrected chi connectivity index (χ4v) is 3.37. The molecule has 1 saturated heterocycles. The third-order valence-corrected chi connectivity index (χ3v) is 4.55. The molecule has 0 spiro atoms. The number of nitrogens with zero attached hydrogens (tertiary/aromatic N) is 3. The van der Waals surface area contributed by atoms with Crippen LogP contribution >= 0.6 is 0 Å². The molecular formula is C19H19FN4. The number of likely N-dealkylation sites (tertiary alicyclic amines) is 1. The quantitative estimate of drug-likeness (QED) is 0.791. The fraction of sp³-hybridized carbons (Fsp3) is 0.263. The van der Waals surface area contributed by atoms with Crippen molar-refractivity contribution in [2.75, 3.05) is 6.54 Å². The second-order valence-electron chi connectivity index (χ2n) is 6.15. The number of pyridine rings is 1. The highest BCUT2D eigenvalue weighted by atomic mass is 19.1. The minimum Gasteiger partial charge on any atom is -0.341 e. The standard InChI is InChI=1S/C19H19FN4/c20-16-7-2-1-6-15(16)17-12-22-19(23-17)18-8-4-10-24(18)13-14-5-3-9-21-11-14/h1-3,5-7,9,11-12,18H,4,8,10,13H2,(H,22,23)/t18-/m0/s1. The molecule has 3 heterocycles. The molecule has 3 aromatic rings. The van der Waals surface area contributed by atoms with E-state index in [-0.39, 0.29) is 11.9 Å². The number of hydrogen-bond donors (Lipinski definition) is 1. The number of imidazole rings is 1. The van der Waals surface area contributed by atoms with E-state index in [2.05, 4.69) is 25.9 Å². The zero-order chi connectivity index (χ0) is 16.4. The number of aromatic nitrogens is 3. The third-order valence-electron chi connectivity index (χ3n) is 4.55. The van der Waals surface area contributed by atoms with Gasteiger partial charge in [0.15, 0.2) is 0 Å². The summed E-state index contributed by atoms with van der Waals surface area (Å²) >= 11 is 0. The average molecular weight is 322 g/mol. The minimum absolute atomic E-state index is 0.230.